The second-order valence-electron chi connectivity index (χ2n) is 4.84. The average molecular weight is 249 g/mol. The lowest BCUT2D eigenvalue weighted by molar-refractivity contribution is -0.148. The lowest BCUT2D eigenvalue weighted by Gasteiger charge is -2.20. The Balaban J connectivity index is 2.84. The molecule has 98 valence electrons. The molecular formula is C14H19NO3. The van der Waals surface area contributed by atoms with E-state index in [2.05, 4.69) is 6.58 Å². The van der Waals surface area contributed by atoms with Gasteiger partial charge in [0.15, 0.2) is 0 Å². The summed E-state index contributed by atoms with van der Waals surface area (Å²) in [4.78, 5) is 11.0. The molecule has 4 heteroatoms. The number of nitrogen functional groups attached to an aromatic ring is 1. The second-order valence-corrected chi connectivity index (χ2v) is 4.84. The fourth-order valence-electron chi connectivity index (χ4n) is 1.38. The smallest absolute Gasteiger partial charge is 0.312 e. The first-order valence-corrected chi connectivity index (χ1v) is 5.72. The van der Waals surface area contributed by atoms with Crippen LogP contribution in [0.2, 0.25) is 0 Å². The average Bonchev–Trinajstić information content (AvgIpc) is 2.28. The summed E-state index contributed by atoms with van der Waals surface area (Å²) in [6.07, 6.45) is 2.39. The summed E-state index contributed by atoms with van der Waals surface area (Å²) >= 11 is 0. The van der Waals surface area contributed by atoms with Gasteiger partial charge in [0, 0.05) is 5.69 Å². The third kappa shape index (κ3) is 3.52. The van der Waals surface area contributed by atoms with Crippen LogP contribution in [0.1, 0.15) is 19.4 Å². The molecule has 0 saturated carbocycles. The van der Waals surface area contributed by atoms with Crippen LogP contribution in [-0.4, -0.2) is 17.7 Å². The summed E-state index contributed by atoms with van der Waals surface area (Å²) in [5.74, 6) is -0.235. The number of benzene rings is 1. The van der Waals surface area contributed by atoms with E-state index in [0.29, 0.717) is 17.9 Å². The fraction of sp³-hybridized carbons (Fsp3) is 0.357. The van der Waals surface area contributed by atoms with E-state index in [1.807, 2.05) is 6.07 Å². The van der Waals surface area contributed by atoms with Crippen LogP contribution < -0.4 is 10.5 Å². The van der Waals surface area contributed by atoms with E-state index < -0.39 is 11.4 Å². The lowest BCUT2D eigenvalue weighted by atomic mass is 9.95. The van der Waals surface area contributed by atoms with Gasteiger partial charge in [-0.05, 0) is 44.0 Å². The van der Waals surface area contributed by atoms with Crippen LogP contribution in [0.5, 0.6) is 5.75 Å². The van der Waals surface area contributed by atoms with Gasteiger partial charge >= 0.3 is 5.97 Å². The summed E-state index contributed by atoms with van der Waals surface area (Å²) in [5, 5.41) is 9.02. The molecule has 1 aromatic rings. The lowest BCUT2D eigenvalue weighted by Crippen LogP contribution is -2.30. The van der Waals surface area contributed by atoms with E-state index in [1.165, 1.54) is 0 Å². The number of carbonyl (C=O) groups is 1. The predicted molar refractivity (Wildman–Crippen MR) is 71.7 cm³/mol. The number of allylic oxidation sites excluding steroid dienone is 1. The summed E-state index contributed by atoms with van der Waals surface area (Å²) in [6, 6.07) is 5.30. The van der Waals surface area contributed by atoms with Crippen molar-refractivity contribution in [2.45, 2.75) is 20.3 Å². The van der Waals surface area contributed by atoms with Gasteiger partial charge in [0.05, 0.1) is 5.41 Å². The maximum atomic E-state index is 11.0. The van der Waals surface area contributed by atoms with Gasteiger partial charge in [-0.2, -0.15) is 0 Å². The Morgan fingerprint density at radius 1 is 1.56 bits per heavy atom. The normalized spacial score (nSPS) is 11.0. The van der Waals surface area contributed by atoms with E-state index in [4.69, 9.17) is 15.6 Å². The van der Waals surface area contributed by atoms with Crippen LogP contribution in [0.25, 0.3) is 0 Å². The van der Waals surface area contributed by atoms with E-state index in [-0.39, 0.29) is 6.61 Å². The number of rotatable bonds is 6. The highest BCUT2D eigenvalue weighted by Gasteiger charge is 2.28. The minimum Gasteiger partial charge on any atom is -0.492 e. The zero-order chi connectivity index (χ0) is 13.8. The largest absolute Gasteiger partial charge is 0.492 e. The molecule has 0 unspecified atom stereocenters. The first kappa shape index (κ1) is 14.1. The maximum absolute atomic E-state index is 11.0. The molecule has 0 aliphatic heterocycles. The molecule has 1 aromatic carbocycles. The summed E-state index contributed by atoms with van der Waals surface area (Å²) in [6.45, 7) is 7.03. The van der Waals surface area contributed by atoms with Gasteiger partial charge in [0.1, 0.15) is 12.4 Å². The second kappa shape index (κ2) is 5.58. The molecule has 0 aliphatic carbocycles. The first-order chi connectivity index (χ1) is 8.36. The van der Waals surface area contributed by atoms with E-state index in [1.54, 1.807) is 32.1 Å². The number of carboxylic acids is 1. The van der Waals surface area contributed by atoms with Crippen molar-refractivity contribution < 1.29 is 14.6 Å². The molecule has 0 aliphatic rings. The van der Waals surface area contributed by atoms with Crippen molar-refractivity contribution in [3.05, 3.63) is 36.4 Å². The van der Waals surface area contributed by atoms with Gasteiger partial charge in [-0.1, -0.05) is 6.08 Å². The molecule has 4 nitrogen and oxygen atoms in total. The van der Waals surface area contributed by atoms with Crippen molar-refractivity contribution in [3.8, 4) is 5.75 Å². The van der Waals surface area contributed by atoms with E-state index >= 15 is 0 Å². The number of ether oxygens (including phenoxy) is 1. The molecular weight excluding hydrogens is 230 g/mol. The van der Waals surface area contributed by atoms with Gasteiger partial charge in [0.25, 0.3) is 0 Å². The molecule has 0 atom stereocenters. The van der Waals surface area contributed by atoms with Gasteiger partial charge in [-0.25, -0.2) is 0 Å². The van der Waals surface area contributed by atoms with E-state index in [0.717, 1.165) is 5.56 Å². The summed E-state index contributed by atoms with van der Waals surface area (Å²) < 4.78 is 5.59. The topological polar surface area (TPSA) is 72.5 Å². The maximum Gasteiger partial charge on any atom is 0.312 e. The number of carboxylic acid groups (broad SMARTS) is 1. The number of hydrogen-bond acceptors (Lipinski definition) is 3. The fourth-order valence-corrected chi connectivity index (χ4v) is 1.38. The van der Waals surface area contributed by atoms with Gasteiger partial charge < -0.3 is 15.6 Å². The Labute approximate surface area is 107 Å². The van der Waals surface area contributed by atoms with Gasteiger partial charge in [-0.3, -0.25) is 4.79 Å². The zero-order valence-electron chi connectivity index (χ0n) is 10.8. The van der Waals surface area contributed by atoms with Crippen molar-refractivity contribution in [2.75, 3.05) is 12.3 Å². The number of nitrogens with two attached hydrogens (primary N) is 1. The summed E-state index contributed by atoms with van der Waals surface area (Å²) in [5.41, 5.74) is 6.34. The molecule has 0 fully saturated rings. The van der Waals surface area contributed by atoms with Crippen LogP contribution in [0, 0.1) is 5.41 Å². The minimum atomic E-state index is -0.924. The van der Waals surface area contributed by atoms with Gasteiger partial charge in [0.2, 0.25) is 0 Å². The number of aliphatic carboxylic acids is 1. The standard InChI is InChI=1S/C14H19NO3/c1-4-5-10-8-11(15)6-7-12(10)18-9-14(2,3)13(16)17/h4,6-8H,1,5,9,15H2,2-3H3,(H,16,17). The Hall–Kier alpha value is -1.97. The SMILES string of the molecule is C=CCc1cc(N)ccc1OCC(C)(C)C(=O)O. The van der Waals surface area contributed by atoms with Crippen molar-refractivity contribution in [3.63, 3.8) is 0 Å². The Morgan fingerprint density at radius 3 is 2.78 bits per heavy atom. The van der Waals surface area contributed by atoms with Crippen LogP contribution >= 0.6 is 0 Å². The monoisotopic (exact) mass is 249 g/mol. The first-order valence-electron chi connectivity index (χ1n) is 5.72. The third-order valence-electron chi connectivity index (χ3n) is 2.62. The quantitative estimate of drug-likeness (QED) is 0.600. The van der Waals surface area contributed by atoms with Crippen molar-refractivity contribution in [1.29, 1.82) is 0 Å². The molecule has 0 bridgehead atoms. The summed E-state index contributed by atoms with van der Waals surface area (Å²) in [7, 11) is 0. The minimum absolute atomic E-state index is 0.108. The Morgan fingerprint density at radius 2 is 2.22 bits per heavy atom. The van der Waals surface area contributed by atoms with Crippen LogP contribution in [0.3, 0.4) is 0 Å². The molecule has 0 radical (unpaired) electrons. The van der Waals surface area contributed by atoms with Crippen LogP contribution in [-0.2, 0) is 11.2 Å². The Bertz CT molecular complexity index is 452. The number of anilines is 1. The van der Waals surface area contributed by atoms with Gasteiger partial charge in [-0.15, -0.1) is 6.58 Å². The molecule has 0 heterocycles. The highest BCUT2D eigenvalue weighted by molar-refractivity contribution is 5.73. The third-order valence-corrected chi connectivity index (χ3v) is 2.62. The van der Waals surface area contributed by atoms with Crippen LogP contribution in [0.15, 0.2) is 30.9 Å². The number of hydrogen-bond donors (Lipinski definition) is 2. The molecule has 1 rings (SSSR count). The molecule has 18 heavy (non-hydrogen) atoms. The highest BCUT2D eigenvalue weighted by Crippen LogP contribution is 2.25. The molecule has 3 N–H and O–H groups in total. The molecule has 0 spiro atoms. The van der Waals surface area contributed by atoms with Crippen molar-refractivity contribution >= 4 is 11.7 Å². The zero-order valence-corrected chi connectivity index (χ0v) is 10.8. The molecule has 0 saturated heterocycles. The highest BCUT2D eigenvalue weighted by atomic mass is 16.5. The predicted octanol–water partition coefficient (Wildman–Crippen LogP) is 2.49. The van der Waals surface area contributed by atoms with E-state index in [9.17, 15) is 4.79 Å². The molecule has 0 aromatic heterocycles. The Kier molecular flexibility index (Phi) is 4.37. The van der Waals surface area contributed by atoms with Crippen molar-refractivity contribution in [2.24, 2.45) is 5.41 Å². The van der Waals surface area contributed by atoms with Crippen molar-refractivity contribution in [1.82, 2.24) is 0 Å². The van der Waals surface area contributed by atoms with Crippen LogP contribution in [0.4, 0.5) is 5.69 Å². The molecule has 0 amide bonds.